The standard InChI is InChI=1S/C11H7F3N2O/c12-6-3-7(13)9(8(14)4-6)16-10(17)11(5-15)1-2-11/h3-4H,1-2H2,(H,16,17). The van der Waals surface area contributed by atoms with Crippen LogP contribution in [0.2, 0.25) is 0 Å². The summed E-state index contributed by atoms with van der Waals surface area (Å²) in [5.74, 6) is -4.24. The van der Waals surface area contributed by atoms with Crippen molar-refractivity contribution in [2.45, 2.75) is 12.8 Å². The van der Waals surface area contributed by atoms with Crippen LogP contribution in [0.15, 0.2) is 12.1 Å². The van der Waals surface area contributed by atoms with Crippen LogP contribution >= 0.6 is 0 Å². The predicted octanol–water partition coefficient (Wildman–Crippen LogP) is 2.35. The van der Waals surface area contributed by atoms with Crippen LogP contribution in [-0.2, 0) is 4.79 Å². The Labute approximate surface area is 94.9 Å². The van der Waals surface area contributed by atoms with Gasteiger partial charge in [-0.3, -0.25) is 4.79 Å². The van der Waals surface area contributed by atoms with E-state index >= 15 is 0 Å². The highest BCUT2D eigenvalue weighted by Crippen LogP contribution is 2.45. The van der Waals surface area contributed by atoms with Gasteiger partial charge in [-0.15, -0.1) is 0 Å². The van der Waals surface area contributed by atoms with Crippen molar-refractivity contribution in [2.24, 2.45) is 5.41 Å². The van der Waals surface area contributed by atoms with Crippen LogP contribution in [0.4, 0.5) is 18.9 Å². The number of amides is 1. The van der Waals surface area contributed by atoms with Gasteiger partial charge in [0, 0.05) is 12.1 Å². The number of nitrogens with zero attached hydrogens (tertiary/aromatic N) is 1. The maximum absolute atomic E-state index is 13.2. The zero-order chi connectivity index (χ0) is 12.6. The van der Waals surface area contributed by atoms with Crippen molar-refractivity contribution in [3.63, 3.8) is 0 Å². The van der Waals surface area contributed by atoms with Gasteiger partial charge >= 0.3 is 0 Å². The van der Waals surface area contributed by atoms with E-state index in [1.165, 1.54) is 0 Å². The fraction of sp³-hybridized carbons (Fsp3) is 0.273. The molecule has 1 saturated carbocycles. The van der Waals surface area contributed by atoms with Crippen molar-refractivity contribution >= 4 is 11.6 Å². The molecule has 1 aromatic carbocycles. The van der Waals surface area contributed by atoms with E-state index in [4.69, 9.17) is 5.26 Å². The number of halogens is 3. The Morgan fingerprint density at radius 3 is 2.24 bits per heavy atom. The molecule has 1 aliphatic carbocycles. The van der Waals surface area contributed by atoms with Gasteiger partial charge in [-0.25, -0.2) is 13.2 Å². The van der Waals surface area contributed by atoms with Crippen LogP contribution in [0.25, 0.3) is 0 Å². The first-order valence-electron chi connectivity index (χ1n) is 4.86. The SMILES string of the molecule is N#CC1(C(=O)Nc2c(F)cc(F)cc2F)CC1. The van der Waals surface area contributed by atoms with Gasteiger partial charge in [0.2, 0.25) is 5.91 Å². The fourth-order valence-corrected chi connectivity index (χ4v) is 1.41. The van der Waals surface area contributed by atoms with Gasteiger partial charge < -0.3 is 5.32 Å². The lowest BCUT2D eigenvalue weighted by Gasteiger charge is -2.09. The molecule has 0 aromatic heterocycles. The molecule has 1 aromatic rings. The number of rotatable bonds is 2. The van der Waals surface area contributed by atoms with Gasteiger partial charge in [0.05, 0.1) is 6.07 Å². The van der Waals surface area contributed by atoms with Crippen LogP contribution in [0.5, 0.6) is 0 Å². The second-order valence-corrected chi connectivity index (χ2v) is 3.89. The van der Waals surface area contributed by atoms with Gasteiger partial charge in [-0.1, -0.05) is 0 Å². The molecule has 0 spiro atoms. The minimum Gasteiger partial charge on any atom is -0.320 e. The molecule has 0 aliphatic heterocycles. The molecular weight excluding hydrogens is 233 g/mol. The van der Waals surface area contributed by atoms with E-state index in [-0.39, 0.29) is 0 Å². The minimum absolute atomic E-state index is 0.361. The number of benzene rings is 1. The number of nitrogens with one attached hydrogen (secondary N) is 1. The Bertz CT molecular complexity index is 509. The Morgan fingerprint density at radius 2 is 1.82 bits per heavy atom. The molecule has 0 saturated heterocycles. The summed E-state index contributed by atoms with van der Waals surface area (Å²) in [5.41, 5.74) is -1.91. The number of carbonyl (C=O) groups is 1. The number of nitriles is 1. The van der Waals surface area contributed by atoms with E-state index in [1.807, 2.05) is 5.32 Å². The summed E-state index contributed by atoms with van der Waals surface area (Å²) in [4.78, 5) is 11.6. The molecule has 88 valence electrons. The Kier molecular flexibility index (Phi) is 2.54. The summed E-state index contributed by atoms with van der Waals surface area (Å²) >= 11 is 0. The number of anilines is 1. The fourth-order valence-electron chi connectivity index (χ4n) is 1.41. The summed E-state index contributed by atoms with van der Waals surface area (Å²) in [5, 5.41) is 10.7. The average molecular weight is 240 g/mol. The smallest absolute Gasteiger partial charge is 0.245 e. The van der Waals surface area contributed by atoms with Crippen LogP contribution in [0.3, 0.4) is 0 Å². The average Bonchev–Trinajstić information content (AvgIpc) is 3.03. The first-order chi connectivity index (χ1) is 7.98. The molecule has 0 bridgehead atoms. The van der Waals surface area contributed by atoms with Crippen LogP contribution in [0.1, 0.15) is 12.8 Å². The molecule has 0 radical (unpaired) electrons. The summed E-state index contributed by atoms with van der Waals surface area (Å²) in [7, 11) is 0. The normalized spacial score (nSPS) is 16.1. The summed E-state index contributed by atoms with van der Waals surface area (Å²) in [6.07, 6.45) is 0.722. The van der Waals surface area contributed by atoms with Gasteiger partial charge in [0.1, 0.15) is 16.9 Å². The van der Waals surface area contributed by atoms with Crippen molar-refractivity contribution in [3.8, 4) is 6.07 Å². The van der Waals surface area contributed by atoms with Crippen LogP contribution in [0, 0.1) is 34.2 Å². The van der Waals surface area contributed by atoms with E-state index in [0.717, 1.165) is 0 Å². The van der Waals surface area contributed by atoms with E-state index in [2.05, 4.69) is 0 Å². The summed E-state index contributed by atoms with van der Waals surface area (Å²) in [6.45, 7) is 0. The lowest BCUT2D eigenvalue weighted by atomic mass is 10.1. The number of hydrogen-bond acceptors (Lipinski definition) is 2. The number of hydrogen-bond donors (Lipinski definition) is 1. The molecule has 0 heterocycles. The van der Waals surface area contributed by atoms with Crippen molar-refractivity contribution in [1.82, 2.24) is 0 Å². The Morgan fingerprint density at radius 1 is 1.29 bits per heavy atom. The number of carbonyl (C=O) groups excluding carboxylic acids is 1. The molecule has 2 rings (SSSR count). The Balaban J connectivity index is 2.26. The van der Waals surface area contributed by atoms with E-state index in [0.29, 0.717) is 25.0 Å². The molecule has 1 N–H and O–H groups in total. The van der Waals surface area contributed by atoms with E-state index < -0.39 is 34.5 Å². The third kappa shape index (κ3) is 1.96. The maximum atomic E-state index is 13.2. The lowest BCUT2D eigenvalue weighted by molar-refractivity contribution is -0.119. The summed E-state index contributed by atoms with van der Waals surface area (Å²) < 4.78 is 39.0. The molecule has 0 atom stereocenters. The van der Waals surface area contributed by atoms with Crippen LogP contribution in [-0.4, -0.2) is 5.91 Å². The first-order valence-corrected chi connectivity index (χ1v) is 4.86. The highest BCUT2D eigenvalue weighted by molar-refractivity contribution is 5.99. The second-order valence-electron chi connectivity index (χ2n) is 3.89. The van der Waals surface area contributed by atoms with E-state index in [9.17, 15) is 18.0 Å². The molecular formula is C11H7F3N2O. The Hall–Kier alpha value is -2.03. The summed E-state index contributed by atoms with van der Waals surface area (Å²) in [6, 6.07) is 2.72. The quantitative estimate of drug-likeness (QED) is 0.862. The molecule has 17 heavy (non-hydrogen) atoms. The molecule has 1 fully saturated rings. The van der Waals surface area contributed by atoms with Gasteiger partial charge in [-0.05, 0) is 12.8 Å². The van der Waals surface area contributed by atoms with Crippen LogP contribution < -0.4 is 5.32 Å². The maximum Gasteiger partial charge on any atom is 0.245 e. The third-order valence-corrected chi connectivity index (χ3v) is 2.64. The molecule has 3 nitrogen and oxygen atoms in total. The van der Waals surface area contributed by atoms with Gasteiger partial charge in [0.15, 0.2) is 11.6 Å². The third-order valence-electron chi connectivity index (χ3n) is 2.64. The monoisotopic (exact) mass is 240 g/mol. The van der Waals surface area contributed by atoms with Crippen molar-refractivity contribution in [1.29, 1.82) is 5.26 Å². The minimum atomic E-state index is -1.20. The van der Waals surface area contributed by atoms with E-state index in [1.54, 1.807) is 6.07 Å². The van der Waals surface area contributed by atoms with Gasteiger partial charge in [0.25, 0.3) is 0 Å². The largest absolute Gasteiger partial charge is 0.320 e. The highest BCUT2D eigenvalue weighted by Gasteiger charge is 2.51. The first kappa shape index (κ1) is 11.5. The molecule has 0 unspecified atom stereocenters. The predicted molar refractivity (Wildman–Crippen MR) is 52.2 cm³/mol. The highest BCUT2D eigenvalue weighted by atomic mass is 19.1. The van der Waals surface area contributed by atoms with Gasteiger partial charge in [-0.2, -0.15) is 5.26 Å². The topological polar surface area (TPSA) is 52.9 Å². The molecule has 1 aliphatic rings. The van der Waals surface area contributed by atoms with Crippen molar-refractivity contribution in [3.05, 3.63) is 29.6 Å². The van der Waals surface area contributed by atoms with Crippen molar-refractivity contribution < 1.29 is 18.0 Å². The zero-order valence-corrected chi connectivity index (χ0v) is 8.56. The molecule has 6 heteroatoms. The zero-order valence-electron chi connectivity index (χ0n) is 8.56. The lowest BCUT2D eigenvalue weighted by Crippen LogP contribution is -2.24. The molecule has 1 amide bonds. The van der Waals surface area contributed by atoms with Crippen molar-refractivity contribution in [2.75, 3.05) is 5.32 Å². The second kappa shape index (κ2) is 3.77.